The maximum atomic E-state index is 13.0. The molecule has 26 heavy (non-hydrogen) atoms. The molecular weight excluding hydrogens is 352 g/mol. The van der Waals surface area contributed by atoms with Gasteiger partial charge in [-0.25, -0.2) is 0 Å². The first-order valence-electron chi connectivity index (χ1n) is 7.93. The maximum absolute atomic E-state index is 13.0. The molecule has 0 bridgehead atoms. The Morgan fingerprint density at radius 1 is 1.04 bits per heavy atom. The van der Waals surface area contributed by atoms with Crippen LogP contribution >= 0.6 is 0 Å². The molecular formula is C20H16O5S. The van der Waals surface area contributed by atoms with E-state index in [-0.39, 0.29) is 16.2 Å². The highest BCUT2D eigenvalue weighted by Gasteiger charge is 2.25. The van der Waals surface area contributed by atoms with Crippen LogP contribution in [-0.4, -0.2) is 24.5 Å². The summed E-state index contributed by atoms with van der Waals surface area (Å²) in [4.78, 5) is 24.7. The molecule has 0 saturated carbocycles. The van der Waals surface area contributed by atoms with Crippen molar-refractivity contribution in [2.45, 2.75) is 17.7 Å². The van der Waals surface area contributed by atoms with Crippen molar-refractivity contribution in [2.24, 2.45) is 0 Å². The van der Waals surface area contributed by atoms with E-state index in [2.05, 4.69) is 6.58 Å². The van der Waals surface area contributed by atoms with Crippen LogP contribution in [0.25, 0.3) is 5.57 Å². The molecule has 5 nitrogen and oxygen atoms in total. The molecule has 1 N–H and O–H groups in total. The lowest BCUT2D eigenvalue weighted by Gasteiger charge is -2.20. The van der Waals surface area contributed by atoms with Crippen LogP contribution in [0.5, 0.6) is 0 Å². The Morgan fingerprint density at radius 2 is 1.73 bits per heavy atom. The molecule has 0 aliphatic heterocycles. The van der Waals surface area contributed by atoms with Crippen molar-refractivity contribution < 1.29 is 22.6 Å². The minimum absolute atomic E-state index is 0.0218. The highest BCUT2D eigenvalue weighted by atomic mass is 32.2. The van der Waals surface area contributed by atoms with Crippen LogP contribution < -0.4 is 0 Å². The molecule has 2 aromatic rings. The molecule has 0 radical (unpaired) electrons. The molecule has 0 unspecified atom stereocenters. The standard InChI is InChI=1S/C20H16O5S/c1-2-15(17-10-11-19(21)18-9-4-3-8-16(17)18)20(22)13-6-5-7-14(12-13)26(23,24)25/h2-9,12H,1,10-11H2,(H,23,24,25). The quantitative estimate of drug-likeness (QED) is 0.505. The van der Waals surface area contributed by atoms with E-state index in [4.69, 9.17) is 0 Å². The molecule has 0 atom stereocenters. The van der Waals surface area contributed by atoms with Gasteiger partial charge >= 0.3 is 0 Å². The van der Waals surface area contributed by atoms with Crippen molar-refractivity contribution in [3.63, 3.8) is 0 Å². The van der Waals surface area contributed by atoms with Gasteiger partial charge in [-0.1, -0.05) is 49.1 Å². The molecule has 0 heterocycles. The zero-order valence-electron chi connectivity index (χ0n) is 13.8. The van der Waals surface area contributed by atoms with Gasteiger partial charge in [-0.2, -0.15) is 8.42 Å². The average molecular weight is 368 g/mol. The van der Waals surface area contributed by atoms with E-state index in [0.29, 0.717) is 35.1 Å². The van der Waals surface area contributed by atoms with E-state index in [1.165, 1.54) is 24.3 Å². The van der Waals surface area contributed by atoms with Crippen LogP contribution in [-0.2, 0) is 10.1 Å². The number of ketones is 2. The second-order valence-electron chi connectivity index (χ2n) is 5.90. The number of allylic oxidation sites excluding steroid dienone is 3. The summed E-state index contributed by atoms with van der Waals surface area (Å²) >= 11 is 0. The summed E-state index contributed by atoms with van der Waals surface area (Å²) in [6.07, 6.45) is 2.12. The lowest BCUT2D eigenvalue weighted by atomic mass is 9.82. The largest absolute Gasteiger partial charge is 0.294 e. The van der Waals surface area contributed by atoms with Crippen molar-refractivity contribution in [1.82, 2.24) is 0 Å². The Balaban J connectivity index is 2.14. The molecule has 0 aromatic heterocycles. The summed E-state index contributed by atoms with van der Waals surface area (Å²) in [5.74, 6) is -0.391. The number of hydrogen-bond donors (Lipinski definition) is 1. The van der Waals surface area contributed by atoms with Gasteiger partial charge in [0.1, 0.15) is 0 Å². The number of rotatable bonds is 4. The molecule has 1 aliphatic rings. The first kappa shape index (κ1) is 18.0. The Labute approximate surface area is 151 Å². The van der Waals surface area contributed by atoms with Gasteiger partial charge in [0, 0.05) is 23.1 Å². The molecule has 3 rings (SSSR count). The molecule has 0 fully saturated rings. The molecule has 0 spiro atoms. The highest BCUT2D eigenvalue weighted by Crippen LogP contribution is 2.34. The molecule has 0 saturated heterocycles. The van der Waals surface area contributed by atoms with Crippen molar-refractivity contribution in [3.05, 3.63) is 83.4 Å². The molecule has 2 aromatic carbocycles. The summed E-state index contributed by atoms with van der Waals surface area (Å²) in [6, 6.07) is 12.3. The third kappa shape index (κ3) is 3.29. The van der Waals surface area contributed by atoms with Gasteiger partial charge < -0.3 is 0 Å². The number of fused-ring (bicyclic) bond motifs is 1. The van der Waals surface area contributed by atoms with Crippen LogP contribution in [0.3, 0.4) is 0 Å². The number of benzene rings is 2. The van der Waals surface area contributed by atoms with Crippen LogP contribution in [0.15, 0.2) is 71.7 Å². The second-order valence-corrected chi connectivity index (χ2v) is 7.32. The third-order valence-corrected chi connectivity index (χ3v) is 5.17. The fourth-order valence-electron chi connectivity index (χ4n) is 3.08. The van der Waals surface area contributed by atoms with E-state index in [9.17, 15) is 22.6 Å². The predicted molar refractivity (Wildman–Crippen MR) is 97.7 cm³/mol. The molecule has 132 valence electrons. The number of carbonyl (C=O) groups is 2. The smallest absolute Gasteiger partial charge is 0.294 e. The number of carbonyl (C=O) groups excluding carboxylic acids is 2. The summed E-state index contributed by atoms with van der Waals surface area (Å²) in [7, 11) is -4.41. The van der Waals surface area contributed by atoms with E-state index < -0.39 is 15.9 Å². The first-order valence-corrected chi connectivity index (χ1v) is 9.37. The minimum Gasteiger partial charge on any atom is -0.294 e. The molecule has 0 amide bonds. The van der Waals surface area contributed by atoms with Crippen molar-refractivity contribution in [2.75, 3.05) is 0 Å². The lowest BCUT2D eigenvalue weighted by molar-refractivity contribution is 0.0977. The van der Waals surface area contributed by atoms with Gasteiger partial charge in [0.2, 0.25) is 0 Å². The Kier molecular flexibility index (Phi) is 4.71. The van der Waals surface area contributed by atoms with E-state index in [1.807, 2.05) is 0 Å². The average Bonchev–Trinajstić information content (AvgIpc) is 2.63. The van der Waals surface area contributed by atoms with E-state index in [1.54, 1.807) is 24.3 Å². The van der Waals surface area contributed by atoms with Crippen molar-refractivity contribution >= 4 is 27.3 Å². The summed E-state index contributed by atoms with van der Waals surface area (Å²) in [5, 5.41) is 0. The lowest BCUT2D eigenvalue weighted by Crippen LogP contribution is -2.14. The van der Waals surface area contributed by atoms with Crippen molar-refractivity contribution in [1.29, 1.82) is 0 Å². The Bertz CT molecular complexity index is 1060. The van der Waals surface area contributed by atoms with Gasteiger partial charge in [-0.15, -0.1) is 0 Å². The highest BCUT2D eigenvalue weighted by molar-refractivity contribution is 7.85. The fraction of sp³-hybridized carbons (Fsp3) is 0.100. The van der Waals surface area contributed by atoms with E-state index in [0.717, 1.165) is 6.07 Å². The number of hydrogen-bond acceptors (Lipinski definition) is 4. The van der Waals surface area contributed by atoms with Crippen LogP contribution in [0.1, 0.15) is 39.1 Å². The zero-order chi connectivity index (χ0) is 18.9. The SMILES string of the molecule is C=CC(C(=O)c1cccc(S(=O)(=O)O)c1)=C1CCC(=O)c2ccccc21. The monoisotopic (exact) mass is 368 g/mol. The third-order valence-electron chi connectivity index (χ3n) is 4.32. The normalized spacial score (nSPS) is 16.0. The van der Waals surface area contributed by atoms with Gasteiger partial charge in [-0.3, -0.25) is 14.1 Å². The van der Waals surface area contributed by atoms with Gasteiger partial charge in [0.25, 0.3) is 10.1 Å². The Morgan fingerprint density at radius 3 is 2.38 bits per heavy atom. The number of Topliss-reactive ketones (excluding diaryl/α,β-unsaturated/α-hetero) is 2. The molecule has 1 aliphatic carbocycles. The van der Waals surface area contributed by atoms with Gasteiger partial charge in [0.15, 0.2) is 11.6 Å². The van der Waals surface area contributed by atoms with E-state index >= 15 is 0 Å². The van der Waals surface area contributed by atoms with Crippen LogP contribution in [0, 0.1) is 0 Å². The fourth-order valence-corrected chi connectivity index (χ4v) is 3.61. The zero-order valence-corrected chi connectivity index (χ0v) is 14.6. The van der Waals surface area contributed by atoms with Crippen LogP contribution in [0.4, 0.5) is 0 Å². The molecule has 6 heteroatoms. The topological polar surface area (TPSA) is 88.5 Å². The van der Waals surface area contributed by atoms with Crippen molar-refractivity contribution in [3.8, 4) is 0 Å². The van der Waals surface area contributed by atoms with Gasteiger partial charge in [0.05, 0.1) is 4.90 Å². The second kappa shape index (κ2) is 6.82. The Hall–Kier alpha value is -2.83. The van der Waals surface area contributed by atoms with Crippen LogP contribution in [0.2, 0.25) is 0 Å². The summed E-state index contributed by atoms with van der Waals surface area (Å²) in [5.41, 5.74) is 2.40. The van der Waals surface area contributed by atoms with Gasteiger partial charge in [-0.05, 0) is 29.7 Å². The summed E-state index contributed by atoms with van der Waals surface area (Å²) in [6.45, 7) is 3.71. The maximum Gasteiger partial charge on any atom is 0.294 e. The minimum atomic E-state index is -4.41. The predicted octanol–water partition coefficient (Wildman–Crippen LogP) is 3.73. The summed E-state index contributed by atoms with van der Waals surface area (Å²) < 4.78 is 31.8. The first-order chi connectivity index (χ1) is 12.3.